The molecule has 88 valence electrons. The van der Waals surface area contributed by atoms with Crippen molar-refractivity contribution >= 4 is 17.4 Å². The summed E-state index contributed by atoms with van der Waals surface area (Å²) in [5, 5.41) is 9.09. The summed E-state index contributed by atoms with van der Waals surface area (Å²) in [5.74, 6) is 2.51. The zero-order chi connectivity index (χ0) is 11.5. The molecule has 16 heavy (non-hydrogen) atoms. The molecule has 0 amide bonds. The third-order valence-electron chi connectivity index (χ3n) is 3.28. The van der Waals surface area contributed by atoms with Gasteiger partial charge in [-0.25, -0.2) is 0 Å². The van der Waals surface area contributed by atoms with E-state index in [0.717, 1.165) is 5.56 Å². The van der Waals surface area contributed by atoms with Crippen molar-refractivity contribution in [3.8, 4) is 0 Å². The lowest BCUT2D eigenvalue weighted by atomic mass is 10.1. The van der Waals surface area contributed by atoms with Crippen molar-refractivity contribution in [2.24, 2.45) is 0 Å². The lowest BCUT2D eigenvalue weighted by Crippen LogP contribution is -2.31. The van der Waals surface area contributed by atoms with Gasteiger partial charge in [-0.3, -0.25) is 0 Å². The van der Waals surface area contributed by atoms with Gasteiger partial charge in [0, 0.05) is 24.5 Å². The summed E-state index contributed by atoms with van der Waals surface area (Å²) < 4.78 is 0. The smallest absolute Gasteiger partial charge is 0.0681 e. The second kappa shape index (κ2) is 5.11. The van der Waals surface area contributed by atoms with Crippen molar-refractivity contribution in [2.45, 2.75) is 26.0 Å². The molecule has 1 heterocycles. The molecule has 1 aliphatic heterocycles. The highest BCUT2D eigenvalue weighted by Gasteiger charge is 2.21. The Labute approximate surface area is 102 Å². The van der Waals surface area contributed by atoms with Gasteiger partial charge in [-0.1, -0.05) is 12.1 Å². The molecular formula is C13H19NOS. The largest absolute Gasteiger partial charge is 0.392 e. The van der Waals surface area contributed by atoms with Gasteiger partial charge in [-0.05, 0) is 36.3 Å². The van der Waals surface area contributed by atoms with Gasteiger partial charge >= 0.3 is 0 Å². The molecule has 1 saturated heterocycles. The van der Waals surface area contributed by atoms with Gasteiger partial charge in [0.1, 0.15) is 0 Å². The SMILES string of the molecule is Cc1cc(CO)ccc1N(C)C1CCSC1. The van der Waals surface area contributed by atoms with Crippen molar-refractivity contribution in [2.75, 3.05) is 23.5 Å². The fraction of sp³-hybridized carbons (Fsp3) is 0.538. The lowest BCUT2D eigenvalue weighted by Gasteiger charge is -2.27. The van der Waals surface area contributed by atoms with Gasteiger partial charge in [0.15, 0.2) is 0 Å². The topological polar surface area (TPSA) is 23.5 Å². The maximum atomic E-state index is 9.09. The van der Waals surface area contributed by atoms with Crippen LogP contribution in [-0.4, -0.2) is 29.7 Å². The Balaban J connectivity index is 2.19. The third kappa shape index (κ3) is 2.36. The molecule has 0 aliphatic carbocycles. The summed E-state index contributed by atoms with van der Waals surface area (Å²) in [4.78, 5) is 2.39. The Morgan fingerprint density at radius 1 is 1.50 bits per heavy atom. The van der Waals surface area contributed by atoms with Gasteiger partial charge in [-0.2, -0.15) is 11.8 Å². The fourth-order valence-electron chi connectivity index (χ4n) is 2.24. The summed E-state index contributed by atoms with van der Waals surface area (Å²) in [6, 6.07) is 6.89. The van der Waals surface area contributed by atoms with Crippen LogP contribution in [0.2, 0.25) is 0 Å². The van der Waals surface area contributed by atoms with Crippen LogP contribution in [0.1, 0.15) is 17.5 Å². The zero-order valence-corrected chi connectivity index (χ0v) is 10.8. The molecule has 1 aromatic rings. The first kappa shape index (κ1) is 11.8. The maximum Gasteiger partial charge on any atom is 0.0681 e. The van der Waals surface area contributed by atoms with E-state index in [1.165, 1.54) is 29.2 Å². The highest BCUT2D eigenvalue weighted by Crippen LogP contribution is 2.28. The maximum absolute atomic E-state index is 9.09. The molecule has 1 atom stereocenters. The number of hydrogen-bond acceptors (Lipinski definition) is 3. The molecule has 2 rings (SSSR count). The molecule has 0 bridgehead atoms. The standard InChI is InChI=1S/C13H19NOS/c1-10-7-11(8-15)3-4-13(10)14(2)12-5-6-16-9-12/h3-4,7,12,15H,5-6,8-9H2,1-2H3. The van der Waals surface area contributed by atoms with E-state index in [4.69, 9.17) is 5.11 Å². The number of anilines is 1. The van der Waals surface area contributed by atoms with Gasteiger partial charge in [0.2, 0.25) is 0 Å². The summed E-state index contributed by atoms with van der Waals surface area (Å²) in [6.07, 6.45) is 1.28. The first-order chi connectivity index (χ1) is 7.72. The van der Waals surface area contributed by atoms with Crippen LogP contribution in [0.4, 0.5) is 5.69 Å². The number of benzene rings is 1. The fourth-order valence-corrected chi connectivity index (χ4v) is 3.50. The van der Waals surface area contributed by atoms with E-state index in [1.54, 1.807) is 0 Å². The Hall–Kier alpha value is -0.670. The van der Waals surface area contributed by atoms with Crippen molar-refractivity contribution in [1.29, 1.82) is 0 Å². The molecule has 0 aromatic heterocycles. The molecule has 3 heteroatoms. The summed E-state index contributed by atoms with van der Waals surface area (Å²) in [5.41, 5.74) is 3.55. The average Bonchev–Trinajstić information content (AvgIpc) is 2.81. The van der Waals surface area contributed by atoms with Crippen LogP contribution in [0.15, 0.2) is 18.2 Å². The molecule has 1 N–H and O–H groups in total. The second-order valence-corrected chi connectivity index (χ2v) is 5.56. The van der Waals surface area contributed by atoms with Crippen LogP contribution in [0.25, 0.3) is 0 Å². The number of aryl methyl sites for hydroxylation is 1. The zero-order valence-electron chi connectivity index (χ0n) is 9.94. The predicted octanol–water partition coefficient (Wildman–Crippen LogP) is 2.43. The number of nitrogens with zero attached hydrogens (tertiary/aromatic N) is 1. The summed E-state index contributed by atoms with van der Waals surface area (Å²) in [7, 11) is 2.18. The predicted molar refractivity (Wildman–Crippen MR) is 71.2 cm³/mol. The van der Waals surface area contributed by atoms with Crippen molar-refractivity contribution in [1.82, 2.24) is 0 Å². The number of rotatable bonds is 3. The molecule has 1 aliphatic rings. The van der Waals surface area contributed by atoms with E-state index in [0.29, 0.717) is 6.04 Å². The van der Waals surface area contributed by atoms with Gasteiger partial charge in [0.25, 0.3) is 0 Å². The molecule has 1 aromatic carbocycles. The first-order valence-corrected chi connectivity index (χ1v) is 6.89. The van der Waals surface area contributed by atoms with Crippen molar-refractivity contribution in [3.05, 3.63) is 29.3 Å². The second-order valence-electron chi connectivity index (χ2n) is 4.41. The molecule has 1 fully saturated rings. The van der Waals surface area contributed by atoms with Gasteiger partial charge < -0.3 is 10.0 Å². The molecule has 0 saturated carbocycles. The van der Waals surface area contributed by atoms with Gasteiger partial charge in [0.05, 0.1) is 6.61 Å². The Kier molecular flexibility index (Phi) is 3.77. The van der Waals surface area contributed by atoms with Crippen LogP contribution in [0, 0.1) is 6.92 Å². The van der Waals surface area contributed by atoms with E-state index >= 15 is 0 Å². The third-order valence-corrected chi connectivity index (χ3v) is 4.42. The molecular weight excluding hydrogens is 218 g/mol. The van der Waals surface area contributed by atoms with E-state index in [1.807, 2.05) is 17.8 Å². The minimum atomic E-state index is 0.129. The average molecular weight is 237 g/mol. The normalized spacial score (nSPS) is 20.1. The van der Waals surface area contributed by atoms with E-state index in [9.17, 15) is 0 Å². The minimum absolute atomic E-state index is 0.129. The number of aliphatic hydroxyl groups excluding tert-OH is 1. The van der Waals surface area contributed by atoms with Crippen LogP contribution in [0.3, 0.4) is 0 Å². The van der Waals surface area contributed by atoms with E-state index in [-0.39, 0.29) is 6.61 Å². The number of aliphatic hydroxyl groups is 1. The molecule has 0 spiro atoms. The number of hydrogen-bond donors (Lipinski definition) is 1. The van der Waals surface area contributed by atoms with Crippen molar-refractivity contribution < 1.29 is 5.11 Å². The molecule has 2 nitrogen and oxygen atoms in total. The first-order valence-electron chi connectivity index (χ1n) is 5.73. The van der Waals surface area contributed by atoms with Crippen LogP contribution >= 0.6 is 11.8 Å². The lowest BCUT2D eigenvalue weighted by molar-refractivity contribution is 0.282. The monoisotopic (exact) mass is 237 g/mol. The van der Waals surface area contributed by atoms with Crippen molar-refractivity contribution in [3.63, 3.8) is 0 Å². The quantitative estimate of drug-likeness (QED) is 0.873. The highest BCUT2D eigenvalue weighted by atomic mass is 32.2. The number of thioether (sulfide) groups is 1. The van der Waals surface area contributed by atoms with E-state index < -0.39 is 0 Å². The van der Waals surface area contributed by atoms with E-state index in [2.05, 4.69) is 31.0 Å². The Morgan fingerprint density at radius 2 is 2.31 bits per heavy atom. The Bertz CT molecular complexity index is 361. The Morgan fingerprint density at radius 3 is 2.88 bits per heavy atom. The van der Waals surface area contributed by atoms with Crippen LogP contribution < -0.4 is 4.90 Å². The van der Waals surface area contributed by atoms with Gasteiger partial charge in [-0.15, -0.1) is 0 Å². The highest BCUT2D eigenvalue weighted by molar-refractivity contribution is 7.99. The molecule has 1 unspecified atom stereocenters. The minimum Gasteiger partial charge on any atom is -0.392 e. The van der Waals surface area contributed by atoms with Crippen LogP contribution in [-0.2, 0) is 6.61 Å². The van der Waals surface area contributed by atoms with Crippen LogP contribution in [0.5, 0.6) is 0 Å². The summed E-state index contributed by atoms with van der Waals surface area (Å²) >= 11 is 2.04. The summed E-state index contributed by atoms with van der Waals surface area (Å²) in [6.45, 7) is 2.25. The molecule has 0 radical (unpaired) electrons.